The van der Waals surface area contributed by atoms with Gasteiger partial charge in [-0.15, -0.1) is 0 Å². The molecule has 5 heteroatoms. The summed E-state index contributed by atoms with van der Waals surface area (Å²) in [7, 11) is 1.64. The molecule has 0 radical (unpaired) electrons. The van der Waals surface area contributed by atoms with Crippen LogP contribution in [0, 0.1) is 0 Å². The van der Waals surface area contributed by atoms with Crippen molar-refractivity contribution < 1.29 is 9.53 Å². The smallest absolute Gasteiger partial charge is 0.318 e. The summed E-state index contributed by atoms with van der Waals surface area (Å²) in [5.41, 5.74) is 6.54. The third kappa shape index (κ3) is 2.19. The first-order chi connectivity index (χ1) is 8.27. The van der Waals surface area contributed by atoms with Crippen LogP contribution in [0.4, 0.5) is 4.79 Å². The van der Waals surface area contributed by atoms with E-state index in [0.29, 0.717) is 19.6 Å². The van der Waals surface area contributed by atoms with E-state index >= 15 is 0 Å². The van der Waals surface area contributed by atoms with Crippen LogP contribution >= 0.6 is 0 Å². The average molecular weight is 235 g/mol. The molecule has 1 unspecified atom stereocenters. The number of hydrogen-bond donors (Lipinski definition) is 2. The molecule has 0 aromatic heterocycles. The van der Waals surface area contributed by atoms with E-state index in [2.05, 4.69) is 5.32 Å². The number of nitrogens with two attached hydrogens (primary N) is 1. The molecule has 0 spiro atoms. The average Bonchev–Trinajstić information content (AvgIpc) is 2.72. The topological polar surface area (TPSA) is 67.6 Å². The van der Waals surface area contributed by atoms with Gasteiger partial charge in [0.05, 0.1) is 13.2 Å². The van der Waals surface area contributed by atoms with E-state index < -0.39 is 0 Å². The van der Waals surface area contributed by atoms with Gasteiger partial charge in [0.15, 0.2) is 0 Å². The molecule has 17 heavy (non-hydrogen) atoms. The fourth-order valence-electron chi connectivity index (χ4n) is 2.15. The molecule has 1 atom stereocenters. The van der Waals surface area contributed by atoms with Crippen molar-refractivity contribution >= 4 is 6.03 Å². The van der Waals surface area contributed by atoms with Crippen molar-refractivity contribution in [1.82, 2.24) is 10.2 Å². The maximum Gasteiger partial charge on any atom is 0.318 e. The summed E-state index contributed by atoms with van der Waals surface area (Å²) in [6.07, 6.45) is 0. The van der Waals surface area contributed by atoms with E-state index in [1.165, 1.54) is 0 Å². The molecule has 2 amide bonds. The zero-order valence-corrected chi connectivity index (χ0v) is 9.85. The second kappa shape index (κ2) is 5.05. The van der Waals surface area contributed by atoms with Crippen LogP contribution in [0.5, 0.6) is 5.75 Å². The van der Waals surface area contributed by atoms with Crippen molar-refractivity contribution in [3.63, 3.8) is 0 Å². The Bertz CT molecular complexity index is 408. The van der Waals surface area contributed by atoms with Gasteiger partial charge in [-0.2, -0.15) is 0 Å². The Labute approximate surface area is 101 Å². The molecule has 0 aliphatic carbocycles. The van der Waals surface area contributed by atoms with Gasteiger partial charge in [-0.05, 0) is 6.07 Å². The molecule has 1 aliphatic rings. The minimum atomic E-state index is -0.0636. The number of methoxy groups -OCH3 is 1. The zero-order valence-electron chi connectivity index (χ0n) is 9.85. The van der Waals surface area contributed by atoms with Crippen molar-refractivity contribution in [3.8, 4) is 5.75 Å². The van der Waals surface area contributed by atoms with E-state index in [9.17, 15) is 4.79 Å². The number of carbonyl (C=O) groups is 1. The van der Waals surface area contributed by atoms with Crippen LogP contribution in [-0.4, -0.2) is 37.7 Å². The van der Waals surface area contributed by atoms with Crippen LogP contribution < -0.4 is 15.8 Å². The van der Waals surface area contributed by atoms with E-state index in [4.69, 9.17) is 10.5 Å². The van der Waals surface area contributed by atoms with Gasteiger partial charge in [-0.1, -0.05) is 18.2 Å². The van der Waals surface area contributed by atoms with Gasteiger partial charge in [-0.25, -0.2) is 4.79 Å². The Balaban J connectivity index is 2.29. The van der Waals surface area contributed by atoms with E-state index in [1.54, 1.807) is 12.0 Å². The van der Waals surface area contributed by atoms with Gasteiger partial charge in [0.1, 0.15) is 5.75 Å². The van der Waals surface area contributed by atoms with E-state index in [-0.39, 0.29) is 12.1 Å². The first-order valence-electron chi connectivity index (χ1n) is 5.65. The minimum Gasteiger partial charge on any atom is -0.496 e. The fourth-order valence-corrected chi connectivity index (χ4v) is 2.15. The van der Waals surface area contributed by atoms with Gasteiger partial charge < -0.3 is 20.7 Å². The standard InChI is InChI=1S/C12H17N3O2/c1-17-11-5-3-2-4-9(11)10-8-14-12(16)15(10)7-6-13/h2-5,10H,6-8,13H2,1H3,(H,14,16). The molecule has 1 aromatic rings. The lowest BCUT2D eigenvalue weighted by Crippen LogP contribution is -2.34. The molecular weight excluding hydrogens is 218 g/mol. The molecule has 92 valence electrons. The van der Waals surface area contributed by atoms with Crippen LogP contribution in [0.2, 0.25) is 0 Å². The molecule has 5 nitrogen and oxygen atoms in total. The largest absolute Gasteiger partial charge is 0.496 e. The molecule has 1 aromatic carbocycles. The third-order valence-electron chi connectivity index (χ3n) is 2.95. The number of amides is 2. The second-order valence-electron chi connectivity index (χ2n) is 3.93. The Morgan fingerprint density at radius 2 is 2.29 bits per heavy atom. The number of para-hydroxylation sites is 1. The summed E-state index contributed by atoms with van der Waals surface area (Å²) in [5.74, 6) is 0.802. The van der Waals surface area contributed by atoms with Crippen molar-refractivity contribution in [2.24, 2.45) is 5.73 Å². The summed E-state index contributed by atoms with van der Waals surface area (Å²) in [6.45, 7) is 1.60. The number of rotatable bonds is 4. The van der Waals surface area contributed by atoms with Gasteiger partial charge in [0, 0.05) is 25.2 Å². The number of nitrogens with one attached hydrogen (secondary N) is 1. The summed E-state index contributed by atoms with van der Waals surface area (Å²) < 4.78 is 5.32. The molecule has 1 fully saturated rings. The van der Waals surface area contributed by atoms with Crippen LogP contribution in [0.3, 0.4) is 0 Å². The monoisotopic (exact) mass is 235 g/mol. The maximum absolute atomic E-state index is 11.7. The first-order valence-corrected chi connectivity index (χ1v) is 5.65. The predicted octanol–water partition coefficient (Wildman–Crippen LogP) is 0.720. The maximum atomic E-state index is 11.7. The predicted molar refractivity (Wildman–Crippen MR) is 64.9 cm³/mol. The number of nitrogens with zero attached hydrogens (tertiary/aromatic N) is 1. The lowest BCUT2D eigenvalue weighted by atomic mass is 10.1. The van der Waals surface area contributed by atoms with Gasteiger partial charge >= 0.3 is 6.03 Å². The highest BCUT2D eigenvalue weighted by atomic mass is 16.5. The highest BCUT2D eigenvalue weighted by molar-refractivity contribution is 5.77. The summed E-state index contributed by atoms with van der Waals surface area (Å²) >= 11 is 0. The molecule has 2 rings (SSSR count). The number of hydrogen-bond acceptors (Lipinski definition) is 3. The molecule has 0 bridgehead atoms. The Morgan fingerprint density at radius 3 is 3.00 bits per heavy atom. The Morgan fingerprint density at radius 1 is 1.53 bits per heavy atom. The van der Waals surface area contributed by atoms with Crippen molar-refractivity contribution in [3.05, 3.63) is 29.8 Å². The van der Waals surface area contributed by atoms with Crippen LogP contribution in [0.15, 0.2) is 24.3 Å². The third-order valence-corrected chi connectivity index (χ3v) is 2.95. The van der Waals surface area contributed by atoms with Crippen molar-refractivity contribution in [1.29, 1.82) is 0 Å². The molecular formula is C12H17N3O2. The van der Waals surface area contributed by atoms with E-state index in [1.807, 2.05) is 24.3 Å². The quantitative estimate of drug-likeness (QED) is 0.808. The second-order valence-corrected chi connectivity index (χ2v) is 3.93. The molecule has 1 heterocycles. The first kappa shape index (κ1) is 11.7. The van der Waals surface area contributed by atoms with Gasteiger partial charge in [0.2, 0.25) is 0 Å². The summed E-state index contributed by atoms with van der Waals surface area (Å²) in [4.78, 5) is 13.4. The number of benzene rings is 1. The van der Waals surface area contributed by atoms with Crippen LogP contribution in [-0.2, 0) is 0 Å². The van der Waals surface area contributed by atoms with E-state index in [0.717, 1.165) is 11.3 Å². The van der Waals surface area contributed by atoms with Crippen LogP contribution in [0.25, 0.3) is 0 Å². The van der Waals surface area contributed by atoms with Crippen molar-refractivity contribution in [2.75, 3.05) is 26.7 Å². The zero-order chi connectivity index (χ0) is 12.3. The Hall–Kier alpha value is -1.75. The molecule has 1 saturated heterocycles. The summed E-state index contributed by atoms with van der Waals surface area (Å²) in [5, 5.41) is 2.83. The highest BCUT2D eigenvalue weighted by Gasteiger charge is 2.32. The molecule has 1 aliphatic heterocycles. The number of ether oxygens (including phenoxy) is 1. The minimum absolute atomic E-state index is 0.00204. The normalized spacial score (nSPS) is 19.3. The van der Waals surface area contributed by atoms with Crippen molar-refractivity contribution in [2.45, 2.75) is 6.04 Å². The molecule has 3 N–H and O–H groups in total. The number of carbonyl (C=O) groups excluding carboxylic acids is 1. The SMILES string of the molecule is COc1ccccc1C1CNC(=O)N1CCN. The number of urea groups is 1. The van der Waals surface area contributed by atoms with Gasteiger partial charge in [0.25, 0.3) is 0 Å². The summed E-state index contributed by atoms with van der Waals surface area (Å²) in [6, 6.07) is 7.68. The van der Waals surface area contributed by atoms with Crippen LogP contribution in [0.1, 0.15) is 11.6 Å². The fraction of sp³-hybridized carbons (Fsp3) is 0.417. The lowest BCUT2D eigenvalue weighted by molar-refractivity contribution is 0.205. The Kier molecular flexibility index (Phi) is 3.49. The highest BCUT2D eigenvalue weighted by Crippen LogP contribution is 2.31. The molecule has 0 saturated carbocycles. The lowest BCUT2D eigenvalue weighted by Gasteiger charge is -2.24. The van der Waals surface area contributed by atoms with Gasteiger partial charge in [-0.3, -0.25) is 0 Å².